The molecular weight excluding hydrogens is 236 g/mol. The maximum Gasteiger partial charge on any atom is 0.311 e. The van der Waals surface area contributed by atoms with Crippen molar-refractivity contribution >= 4 is 22.4 Å². The van der Waals surface area contributed by atoms with Crippen LogP contribution in [0.1, 0.15) is 31.9 Å². The Kier molecular flexibility index (Phi) is 3.99. The first kappa shape index (κ1) is 12.4. The Balaban J connectivity index is 1.87. The standard InChI is InChI=1S/C12H18N2O2S/c1-8-3-4-9(5-8)13-12-14-10(7-17-12)6-11(15)16-2/h7-9H,3-6H2,1-2H3,(H,13,14). The molecule has 1 saturated carbocycles. The van der Waals surface area contributed by atoms with Gasteiger partial charge in [-0.25, -0.2) is 4.98 Å². The highest BCUT2D eigenvalue weighted by Crippen LogP contribution is 2.28. The quantitative estimate of drug-likeness (QED) is 0.839. The molecule has 0 saturated heterocycles. The van der Waals surface area contributed by atoms with Crippen molar-refractivity contribution in [3.05, 3.63) is 11.1 Å². The minimum absolute atomic E-state index is 0.240. The lowest BCUT2D eigenvalue weighted by Crippen LogP contribution is -2.15. The number of hydrogen-bond donors (Lipinski definition) is 1. The van der Waals surface area contributed by atoms with Gasteiger partial charge in [0.2, 0.25) is 0 Å². The van der Waals surface area contributed by atoms with Crippen LogP contribution >= 0.6 is 11.3 Å². The molecule has 1 aliphatic carbocycles. The largest absolute Gasteiger partial charge is 0.469 e. The average molecular weight is 254 g/mol. The highest BCUT2D eigenvalue weighted by atomic mass is 32.1. The summed E-state index contributed by atoms with van der Waals surface area (Å²) in [5.74, 6) is 0.568. The van der Waals surface area contributed by atoms with Gasteiger partial charge in [0.25, 0.3) is 0 Å². The van der Waals surface area contributed by atoms with Crippen LogP contribution in [-0.4, -0.2) is 24.1 Å². The van der Waals surface area contributed by atoms with E-state index in [2.05, 4.69) is 22.0 Å². The number of carbonyl (C=O) groups excluding carboxylic acids is 1. The number of carbonyl (C=O) groups is 1. The summed E-state index contributed by atoms with van der Waals surface area (Å²) in [4.78, 5) is 15.5. The number of methoxy groups -OCH3 is 1. The number of aromatic nitrogens is 1. The molecule has 1 N–H and O–H groups in total. The zero-order valence-electron chi connectivity index (χ0n) is 10.2. The van der Waals surface area contributed by atoms with E-state index in [0.717, 1.165) is 16.7 Å². The lowest BCUT2D eigenvalue weighted by molar-refractivity contribution is -0.139. The predicted octanol–water partition coefficient (Wildman–Crippen LogP) is 2.46. The summed E-state index contributed by atoms with van der Waals surface area (Å²) in [6.45, 7) is 2.28. The first-order valence-electron chi connectivity index (χ1n) is 5.95. The van der Waals surface area contributed by atoms with Gasteiger partial charge in [0, 0.05) is 11.4 Å². The van der Waals surface area contributed by atoms with Crippen molar-refractivity contribution in [3.8, 4) is 0 Å². The molecule has 1 heterocycles. The molecule has 2 atom stereocenters. The Morgan fingerprint density at radius 3 is 3.12 bits per heavy atom. The van der Waals surface area contributed by atoms with E-state index in [4.69, 9.17) is 0 Å². The van der Waals surface area contributed by atoms with Crippen LogP contribution in [0.3, 0.4) is 0 Å². The maximum atomic E-state index is 11.1. The van der Waals surface area contributed by atoms with Gasteiger partial charge in [-0.15, -0.1) is 11.3 Å². The molecule has 5 heteroatoms. The van der Waals surface area contributed by atoms with Crippen molar-refractivity contribution in [2.45, 2.75) is 38.6 Å². The van der Waals surface area contributed by atoms with Gasteiger partial charge in [0.05, 0.1) is 19.2 Å². The van der Waals surface area contributed by atoms with E-state index in [9.17, 15) is 4.79 Å². The molecule has 1 aromatic heterocycles. The Labute approximate surface area is 105 Å². The molecule has 2 rings (SSSR count). The van der Waals surface area contributed by atoms with Crippen molar-refractivity contribution in [3.63, 3.8) is 0 Å². The predicted molar refractivity (Wildman–Crippen MR) is 68.3 cm³/mol. The van der Waals surface area contributed by atoms with Crippen LogP contribution in [0.4, 0.5) is 5.13 Å². The molecule has 17 heavy (non-hydrogen) atoms. The summed E-state index contributed by atoms with van der Waals surface area (Å²) in [6.07, 6.45) is 3.98. The zero-order valence-corrected chi connectivity index (χ0v) is 11.0. The van der Waals surface area contributed by atoms with Gasteiger partial charge in [0.15, 0.2) is 5.13 Å². The lowest BCUT2D eigenvalue weighted by atomic mass is 10.1. The average Bonchev–Trinajstić information content (AvgIpc) is 2.89. The third-order valence-corrected chi connectivity index (χ3v) is 3.95. The SMILES string of the molecule is COC(=O)Cc1csc(NC2CCC(C)C2)n1. The Morgan fingerprint density at radius 2 is 2.47 bits per heavy atom. The Hall–Kier alpha value is -1.10. The van der Waals surface area contributed by atoms with E-state index in [1.54, 1.807) is 11.3 Å². The normalized spacial score (nSPS) is 23.6. The van der Waals surface area contributed by atoms with Crippen molar-refractivity contribution in [1.82, 2.24) is 4.98 Å². The number of rotatable bonds is 4. The molecule has 94 valence electrons. The number of ether oxygens (including phenoxy) is 1. The van der Waals surface area contributed by atoms with Crippen LogP contribution in [0, 0.1) is 5.92 Å². The molecule has 4 nitrogen and oxygen atoms in total. The van der Waals surface area contributed by atoms with Crippen LogP contribution in [0.2, 0.25) is 0 Å². The third-order valence-electron chi connectivity index (χ3n) is 3.13. The monoisotopic (exact) mass is 254 g/mol. The molecule has 0 radical (unpaired) electrons. The lowest BCUT2D eigenvalue weighted by Gasteiger charge is -2.10. The van der Waals surface area contributed by atoms with E-state index in [-0.39, 0.29) is 12.4 Å². The van der Waals surface area contributed by atoms with Gasteiger partial charge < -0.3 is 10.1 Å². The van der Waals surface area contributed by atoms with E-state index in [1.165, 1.54) is 26.4 Å². The van der Waals surface area contributed by atoms with E-state index >= 15 is 0 Å². The summed E-state index contributed by atoms with van der Waals surface area (Å²) in [5.41, 5.74) is 0.787. The maximum absolute atomic E-state index is 11.1. The molecule has 0 bridgehead atoms. The minimum Gasteiger partial charge on any atom is -0.469 e. The number of nitrogens with zero attached hydrogens (tertiary/aromatic N) is 1. The van der Waals surface area contributed by atoms with Gasteiger partial charge >= 0.3 is 5.97 Å². The van der Waals surface area contributed by atoms with Gasteiger partial charge in [0.1, 0.15) is 0 Å². The molecule has 0 aliphatic heterocycles. The fraction of sp³-hybridized carbons (Fsp3) is 0.667. The first-order valence-corrected chi connectivity index (χ1v) is 6.83. The molecule has 0 aromatic carbocycles. The third kappa shape index (κ3) is 3.43. The van der Waals surface area contributed by atoms with Crippen molar-refractivity contribution < 1.29 is 9.53 Å². The zero-order chi connectivity index (χ0) is 12.3. The van der Waals surface area contributed by atoms with Gasteiger partial charge in [-0.05, 0) is 25.2 Å². The molecule has 2 unspecified atom stereocenters. The summed E-state index contributed by atoms with van der Waals surface area (Å²) < 4.78 is 4.62. The highest BCUT2D eigenvalue weighted by molar-refractivity contribution is 7.13. The molecule has 1 fully saturated rings. The first-order chi connectivity index (χ1) is 8.17. The number of nitrogens with one attached hydrogen (secondary N) is 1. The molecule has 1 aliphatic rings. The number of hydrogen-bond acceptors (Lipinski definition) is 5. The Bertz CT molecular complexity index is 392. The highest BCUT2D eigenvalue weighted by Gasteiger charge is 2.21. The summed E-state index contributed by atoms with van der Waals surface area (Å²) in [7, 11) is 1.40. The van der Waals surface area contributed by atoms with Crippen molar-refractivity contribution in [1.29, 1.82) is 0 Å². The van der Waals surface area contributed by atoms with Gasteiger partial charge in [-0.2, -0.15) is 0 Å². The molecular formula is C12H18N2O2S. The fourth-order valence-electron chi connectivity index (χ4n) is 2.19. The van der Waals surface area contributed by atoms with Crippen LogP contribution in [-0.2, 0) is 16.0 Å². The molecule has 0 spiro atoms. The van der Waals surface area contributed by atoms with Gasteiger partial charge in [-0.1, -0.05) is 6.92 Å². The molecule has 1 aromatic rings. The topological polar surface area (TPSA) is 51.2 Å². The van der Waals surface area contributed by atoms with E-state index < -0.39 is 0 Å². The summed E-state index contributed by atoms with van der Waals surface area (Å²) >= 11 is 1.56. The van der Waals surface area contributed by atoms with E-state index in [1.807, 2.05) is 5.38 Å². The second-order valence-corrected chi connectivity index (χ2v) is 5.51. The minimum atomic E-state index is -0.240. The van der Waals surface area contributed by atoms with Gasteiger partial charge in [-0.3, -0.25) is 4.79 Å². The second-order valence-electron chi connectivity index (χ2n) is 4.66. The number of esters is 1. The van der Waals surface area contributed by atoms with Crippen molar-refractivity contribution in [2.75, 3.05) is 12.4 Å². The van der Waals surface area contributed by atoms with Crippen LogP contribution in [0.5, 0.6) is 0 Å². The summed E-state index contributed by atoms with van der Waals surface area (Å²) in [6, 6.07) is 0.544. The van der Waals surface area contributed by atoms with Crippen LogP contribution in [0.15, 0.2) is 5.38 Å². The number of thiazole rings is 1. The smallest absolute Gasteiger partial charge is 0.311 e. The van der Waals surface area contributed by atoms with Crippen LogP contribution in [0.25, 0.3) is 0 Å². The number of anilines is 1. The van der Waals surface area contributed by atoms with Crippen molar-refractivity contribution in [2.24, 2.45) is 5.92 Å². The Morgan fingerprint density at radius 1 is 1.65 bits per heavy atom. The van der Waals surface area contributed by atoms with E-state index in [0.29, 0.717) is 6.04 Å². The fourth-order valence-corrected chi connectivity index (χ4v) is 2.98. The second kappa shape index (κ2) is 5.49. The molecule has 0 amide bonds. The van der Waals surface area contributed by atoms with Crippen LogP contribution < -0.4 is 5.32 Å². The summed E-state index contributed by atoms with van der Waals surface area (Å²) in [5, 5.41) is 6.27.